The molecule has 2 amide bonds. The minimum absolute atomic E-state index is 0.107. The molecule has 136 valence electrons. The van der Waals surface area contributed by atoms with Gasteiger partial charge in [-0.15, -0.1) is 0 Å². The Balaban J connectivity index is 3.09. The number of nitrogens with zero attached hydrogens (tertiary/aromatic N) is 4. The highest BCUT2D eigenvalue weighted by Crippen LogP contribution is 2.17. The molecule has 0 radical (unpaired) electrons. The minimum atomic E-state index is -0.136. The number of aliphatic hydroxyl groups is 1. The van der Waals surface area contributed by atoms with Crippen molar-refractivity contribution in [2.24, 2.45) is 0 Å². The molecule has 6 heteroatoms. The van der Waals surface area contributed by atoms with Crippen LogP contribution in [0.15, 0.2) is 12.1 Å². The lowest BCUT2D eigenvalue weighted by Crippen LogP contribution is -2.47. The number of carbonyl (C=O) groups excluding carboxylic acids is 1. The molecule has 0 aliphatic rings. The maximum absolute atomic E-state index is 12.6. The molecule has 0 bridgehead atoms. The van der Waals surface area contributed by atoms with Crippen LogP contribution in [0.5, 0.6) is 0 Å². The SMILES string of the molecule is Cc1cc(CO)nc(N(CCN(C(C)C)C(C)C)C(=O)N(C)C)c1. The van der Waals surface area contributed by atoms with E-state index in [1.165, 1.54) is 0 Å². The second-order valence-corrected chi connectivity index (χ2v) is 6.91. The molecule has 0 fully saturated rings. The normalized spacial score (nSPS) is 11.5. The van der Waals surface area contributed by atoms with Gasteiger partial charge in [0.25, 0.3) is 0 Å². The molecule has 0 aliphatic heterocycles. The van der Waals surface area contributed by atoms with Gasteiger partial charge in [-0.3, -0.25) is 9.80 Å². The van der Waals surface area contributed by atoms with Crippen molar-refractivity contribution < 1.29 is 9.90 Å². The summed E-state index contributed by atoms with van der Waals surface area (Å²) in [7, 11) is 3.47. The summed E-state index contributed by atoms with van der Waals surface area (Å²) in [5.74, 6) is 0.588. The van der Waals surface area contributed by atoms with Gasteiger partial charge in [0.05, 0.1) is 12.3 Å². The van der Waals surface area contributed by atoms with E-state index in [-0.39, 0.29) is 12.6 Å². The number of amides is 2. The fourth-order valence-corrected chi connectivity index (χ4v) is 2.82. The third-order valence-electron chi connectivity index (χ3n) is 3.97. The van der Waals surface area contributed by atoms with Gasteiger partial charge in [-0.1, -0.05) is 0 Å². The van der Waals surface area contributed by atoms with Crippen LogP contribution in [0.4, 0.5) is 10.6 Å². The lowest BCUT2D eigenvalue weighted by atomic mass is 10.2. The Morgan fingerprint density at radius 3 is 2.17 bits per heavy atom. The Kier molecular flexibility index (Phi) is 7.63. The van der Waals surface area contributed by atoms with Gasteiger partial charge in [-0.25, -0.2) is 9.78 Å². The van der Waals surface area contributed by atoms with Crippen molar-refractivity contribution in [3.05, 3.63) is 23.4 Å². The van der Waals surface area contributed by atoms with Crippen LogP contribution in [-0.4, -0.2) is 65.2 Å². The first-order valence-electron chi connectivity index (χ1n) is 8.50. The number of carbonyl (C=O) groups is 1. The molecule has 0 unspecified atom stereocenters. The van der Waals surface area contributed by atoms with Gasteiger partial charge >= 0.3 is 6.03 Å². The average Bonchev–Trinajstić information content (AvgIpc) is 2.49. The van der Waals surface area contributed by atoms with Crippen LogP contribution in [0.1, 0.15) is 39.0 Å². The van der Waals surface area contributed by atoms with E-state index in [2.05, 4.69) is 37.6 Å². The molecule has 0 saturated heterocycles. The largest absolute Gasteiger partial charge is 0.390 e. The number of aryl methyl sites for hydroxylation is 1. The predicted molar refractivity (Wildman–Crippen MR) is 98.3 cm³/mol. The Morgan fingerprint density at radius 2 is 1.71 bits per heavy atom. The summed E-state index contributed by atoms with van der Waals surface area (Å²) in [6.45, 7) is 11.8. The van der Waals surface area contributed by atoms with Gasteiger partial charge < -0.3 is 10.0 Å². The van der Waals surface area contributed by atoms with E-state index in [0.29, 0.717) is 30.1 Å². The average molecular weight is 336 g/mol. The van der Waals surface area contributed by atoms with Crippen LogP contribution in [-0.2, 0) is 6.61 Å². The molecular weight excluding hydrogens is 304 g/mol. The van der Waals surface area contributed by atoms with Crippen molar-refractivity contribution >= 4 is 11.8 Å². The van der Waals surface area contributed by atoms with Crippen LogP contribution >= 0.6 is 0 Å². The molecule has 0 aromatic carbocycles. The molecule has 1 N–H and O–H groups in total. The maximum Gasteiger partial charge on any atom is 0.325 e. The summed E-state index contributed by atoms with van der Waals surface area (Å²) in [6.07, 6.45) is 0. The predicted octanol–water partition coefficient (Wildman–Crippen LogP) is 2.49. The van der Waals surface area contributed by atoms with E-state index in [1.54, 1.807) is 23.9 Å². The molecule has 1 aromatic rings. The van der Waals surface area contributed by atoms with Crippen molar-refractivity contribution in [1.82, 2.24) is 14.8 Å². The summed E-state index contributed by atoms with van der Waals surface area (Å²) in [5, 5.41) is 9.40. The fraction of sp³-hybridized carbons (Fsp3) is 0.667. The first kappa shape index (κ1) is 20.4. The Hall–Kier alpha value is -1.66. The van der Waals surface area contributed by atoms with Gasteiger partial charge in [0, 0.05) is 39.3 Å². The van der Waals surface area contributed by atoms with Crippen LogP contribution in [0.25, 0.3) is 0 Å². The number of aliphatic hydroxyl groups excluding tert-OH is 1. The van der Waals surface area contributed by atoms with E-state index in [9.17, 15) is 9.90 Å². The molecule has 1 heterocycles. The first-order chi connectivity index (χ1) is 11.2. The number of urea groups is 1. The maximum atomic E-state index is 12.6. The van der Waals surface area contributed by atoms with Crippen molar-refractivity contribution in [3.8, 4) is 0 Å². The number of rotatable bonds is 7. The van der Waals surface area contributed by atoms with E-state index in [0.717, 1.165) is 12.1 Å². The quantitative estimate of drug-likeness (QED) is 0.831. The second-order valence-electron chi connectivity index (χ2n) is 6.91. The van der Waals surface area contributed by atoms with E-state index in [1.807, 2.05) is 19.1 Å². The summed E-state index contributed by atoms with van der Waals surface area (Å²) in [5.41, 5.74) is 1.55. The monoisotopic (exact) mass is 336 g/mol. The lowest BCUT2D eigenvalue weighted by Gasteiger charge is -2.33. The highest BCUT2D eigenvalue weighted by molar-refractivity contribution is 5.90. The zero-order valence-electron chi connectivity index (χ0n) is 16.1. The summed E-state index contributed by atoms with van der Waals surface area (Å²) in [6, 6.07) is 4.41. The third-order valence-corrected chi connectivity index (χ3v) is 3.97. The van der Waals surface area contributed by atoms with Gasteiger partial charge in [-0.05, 0) is 52.3 Å². The van der Waals surface area contributed by atoms with Crippen molar-refractivity contribution in [1.29, 1.82) is 0 Å². The van der Waals surface area contributed by atoms with Gasteiger partial charge in [0.15, 0.2) is 0 Å². The molecule has 1 aromatic heterocycles. The molecule has 0 saturated carbocycles. The molecule has 0 atom stereocenters. The van der Waals surface area contributed by atoms with Gasteiger partial charge in [0.1, 0.15) is 5.82 Å². The minimum Gasteiger partial charge on any atom is -0.390 e. The first-order valence-corrected chi connectivity index (χ1v) is 8.50. The van der Waals surface area contributed by atoms with Gasteiger partial charge in [0.2, 0.25) is 0 Å². The fourth-order valence-electron chi connectivity index (χ4n) is 2.82. The number of anilines is 1. The standard InChI is InChI=1S/C18H32N4O2/c1-13(2)21(14(3)4)8-9-22(18(24)20(6)7)17-11-15(5)10-16(12-23)19-17/h10-11,13-14,23H,8-9,12H2,1-7H3. The molecule has 1 rings (SSSR count). The Morgan fingerprint density at radius 1 is 1.12 bits per heavy atom. The number of aromatic nitrogens is 1. The molecule has 0 aliphatic carbocycles. The summed E-state index contributed by atoms with van der Waals surface area (Å²) < 4.78 is 0. The van der Waals surface area contributed by atoms with Crippen LogP contribution in [0.3, 0.4) is 0 Å². The Labute approximate surface area is 146 Å². The molecular formula is C18H32N4O2. The van der Waals surface area contributed by atoms with Crippen molar-refractivity contribution in [2.75, 3.05) is 32.1 Å². The number of hydrogen-bond acceptors (Lipinski definition) is 4. The van der Waals surface area contributed by atoms with Crippen molar-refractivity contribution in [3.63, 3.8) is 0 Å². The Bertz CT molecular complexity index is 536. The highest BCUT2D eigenvalue weighted by Gasteiger charge is 2.22. The smallest absolute Gasteiger partial charge is 0.325 e. The molecule has 0 spiro atoms. The van der Waals surface area contributed by atoms with Crippen molar-refractivity contribution in [2.45, 2.75) is 53.3 Å². The van der Waals surface area contributed by atoms with Crippen LogP contribution < -0.4 is 4.90 Å². The van der Waals surface area contributed by atoms with E-state index < -0.39 is 0 Å². The highest BCUT2D eigenvalue weighted by atomic mass is 16.3. The molecule has 24 heavy (non-hydrogen) atoms. The zero-order valence-corrected chi connectivity index (χ0v) is 16.1. The van der Waals surface area contributed by atoms with Gasteiger partial charge in [-0.2, -0.15) is 0 Å². The van der Waals surface area contributed by atoms with Crippen LogP contribution in [0.2, 0.25) is 0 Å². The second kappa shape index (κ2) is 8.99. The van der Waals surface area contributed by atoms with Crippen LogP contribution in [0, 0.1) is 6.92 Å². The lowest BCUT2D eigenvalue weighted by molar-refractivity contribution is 0.177. The third kappa shape index (κ3) is 5.46. The van der Waals surface area contributed by atoms with E-state index >= 15 is 0 Å². The molecule has 6 nitrogen and oxygen atoms in total. The van der Waals surface area contributed by atoms with E-state index in [4.69, 9.17) is 0 Å². The topological polar surface area (TPSA) is 59.9 Å². The number of pyridine rings is 1. The number of hydrogen-bond donors (Lipinski definition) is 1. The summed E-state index contributed by atoms with van der Waals surface area (Å²) in [4.78, 5) is 22.7. The summed E-state index contributed by atoms with van der Waals surface area (Å²) >= 11 is 0. The zero-order chi connectivity index (χ0) is 18.4.